The van der Waals surface area contributed by atoms with Crippen LogP contribution < -0.4 is 10.6 Å². The summed E-state index contributed by atoms with van der Waals surface area (Å²) in [5.74, 6) is 0. The van der Waals surface area contributed by atoms with Crippen LogP contribution in [0.25, 0.3) is 0 Å². The standard InChI is InChI=1S/C14H15Cl2N3/c1-19(7-4-10-2-5-18-6-3-10)14-12(15)8-11(17)9-13(14)16/h2-3,5-6,8-9H,4,7,17H2,1H3. The van der Waals surface area contributed by atoms with Gasteiger partial charge in [-0.15, -0.1) is 0 Å². The maximum Gasteiger partial charge on any atom is 0.0744 e. The van der Waals surface area contributed by atoms with Gasteiger partial charge < -0.3 is 10.6 Å². The van der Waals surface area contributed by atoms with Gasteiger partial charge in [-0.1, -0.05) is 23.2 Å². The van der Waals surface area contributed by atoms with Gasteiger partial charge in [-0.25, -0.2) is 0 Å². The average molecular weight is 296 g/mol. The van der Waals surface area contributed by atoms with E-state index < -0.39 is 0 Å². The summed E-state index contributed by atoms with van der Waals surface area (Å²) in [6.45, 7) is 0.813. The normalized spacial score (nSPS) is 10.5. The van der Waals surface area contributed by atoms with Crippen molar-refractivity contribution >= 4 is 34.6 Å². The minimum absolute atomic E-state index is 0.571. The van der Waals surface area contributed by atoms with Gasteiger partial charge in [-0.05, 0) is 36.2 Å². The zero-order valence-electron chi connectivity index (χ0n) is 10.6. The van der Waals surface area contributed by atoms with Crippen LogP contribution >= 0.6 is 23.2 Å². The van der Waals surface area contributed by atoms with E-state index in [1.165, 1.54) is 5.56 Å². The summed E-state index contributed by atoms with van der Waals surface area (Å²) in [5.41, 5.74) is 8.31. The maximum atomic E-state index is 6.20. The van der Waals surface area contributed by atoms with Crippen molar-refractivity contribution in [2.24, 2.45) is 0 Å². The third kappa shape index (κ3) is 3.52. The van der Waals surface area contributed by atoms with Gasteiger partial charge in [-0.3, -0.25) is 4.98 Å². The Morgan fingerprint density at radius 2 is 1.74 bits per heavy atom. The van der Waals surface area contributed by atoms with Crippen molar-refractivity contribution < 1.29 is 0 Å². The number of anilines is 2. The largest absolute Gasteiger partial charge is 0.399 e. The van der Waals surface area contributed by atoms with Crippen molar-refractivity contribution in [3.63, 3.8) is 0 Å². The third-order valence-corrected chi connectivity index (χ3v) is 3.48. The first-order chi connectivity index (χ1) is 9.08. The Balaban J connectivity index is 2.10. The minimum atomic E-state index is 0.571. The highest BCUT2D eigenvalue weighted by Crippen LogP contribution is 2.35. The molecule has 19 heavy (non-hydrogen) atoms. The number of nitrogens with two attached hydrogens (primary N) is 1. The van der Waals surface area contributed by atoms with Crippen LogP contribution in [0.3, 0.4) is 0 Å². The fourth-order valence-electron chi connectivity index (χ4n) is 1.91. The summed E-state index contributed by atoms with van der Waals surface area (Å²) in [6.07, 6.45) is 4.48. The third-order valence-electron chi connectivity index (χ3n) is 2.91. The number of likely N-dealkylation sites (N-methyl/N-ethyl adjacent to an activating group) is 1. The molecule has 2 aromatic rings. The minimum Gasteiger partial charge on any atom is -0.399 e. The summed E-state index contributed by atoms with van der Waals surface area (Å²) >= 11 is 12.4. The van der Waals surface area contributed by atoms with E-state index in [1.54, 1.807) is 24.5 Å². The summed E-state index contributed by atoms with van der Waals surface area (Å²) < 4.78 is 0. The smallest absolute Gasteiger partial charge is 0.0744 e. The Hall–Kier alpha value is -1.45. The molecule has 2 rings (SSSR count). The molecule has 0 atom stereocenters. The SMILES string of the molecule is CN(CCc1ccncc1)c1c(Cl)cc(N)cc1Cl. The molecule has 1 aromatic carbocycles. The van der Waals surface area contributed by atoms with Crippen molar-refractivity contribution in [1.82, 2.24) is 4.98 Å². The van der Waals surface area contributed by atoms with Gasteiger partial charge in [0.25, 0.3) is 0 Å². The van der Waals surface area contributed by atoms with E-state index in [0.717, 1.165) is 18.7 Å². The molecular formula is C14H15Cl2N3. The molecule has 0 aliphatic rings. The number of nitrogens with zero attached hydrogens (tertiary/aromatic N) is 2. The first kappa shape index (κ1) is 14.0. The van der Waals surface area contributed by atoms with E-state index in [-0.39, 0.29) is 0 Å². The Morgan fingerprint density at radius 3 is 2.32 bits per heavy atom. The number of benzene rings is 1. The molecule has 0 amide bonds. The predicted octanol–water partition coefficient (Wildman–Crippen LogP) is 3.65. The van der Waals surface area contributed by atoms with Gasteiger partial charge in [0, 0.05) is 31.7 Å². The molecule has 0 unspecified atom stereocenters. The van der Waals surface area contributed by atoms with Gasteiger partial charge in [0.15, 0.2) is 0 Å². The van der Waals surface area contributed by atoms with Crippen LogP contribution in [-0.4, -0.2) is 18.6 Å². The second kappa shape index (κ2) is 6.13. The Bertz CT molecular complexity index is 535. The lowest BCUT2D eigenvalue weighted by Gasteiger charge is -2.22. The highest BCUT2D eigenvalue weighted by Gasteiger charge is 2.11. The molecule has 0 aliphatic carbocycles. The summed E-state index contributed by atoms with van der Waals surface area (Å²) in [6, 6.07) is 7.43. The molecule has 5 heteroatoms. The second-order valence-electron chi connectivity index (χ2n) is 4.36. The van der Waals surface area contributed by atoms with Gasteiger partial charge >= 0.3 is 0 Å². The van der Waals surface area contributed by atoms with Gasteiger partial charge in [-0.2, -0.15) is 0 Å². The van der Waals surface area contributed by atoms with Crippen LogP contribution in [0.4, 0.5) is 11.4 Å². The molecular weight excluding hydrogens is 281 g/mol. The lowest BCUT2D eigenvalue weighted by atomic mass is 10.2. The van der Waals surface area contributed by atoms with Crippen LogP contribution in [-0.2, 0) is 6.42 Å². The lowest BCUT2D eigenvalue weighted by Crippen LogP contribution is -2.21. The number of hydrogen-bond acceptors (Lipinski definition) is 3. The average Bonchev–Trinajstić information content (AvgIpc) is 2.36. The van der Waals surface area contributed by atoms with Crippen molar-refractivity contribution in [1.29, 1.82) is 0 Å². The zero-order chi connectivity index (χ0) is 13.8. The summed E-state index contributed by atoms with van der Waals surface area (Å²) in [7, 11) is 1.96. The fourth-order valence-corrected chi connectivity index (χ4v) is 2.70. The molecule has 3 nitrogen and oxygen atoms in total. The molecule has 2 N–H and O–H groups in total. The Morgan fingerprint density at radius 1 is 1.16 bits per heavy atom. The molecule has 1 heterocycles. The predicted molar refractivity (Wildman–Crippen MR) is 82.1 cm³/mol. The molecule has 0 saturated carbocycles. The zero-order valence-corrected chi connectivity index (χ0v) is 12.1. The highest BCUT2D eigenvalue weighted by molar-refractivity contribution is 6.39. The first-order valence-electron chi connectivity index (χ1n) is 5.92. The van der Waals surface area contributed by atoms with Crippen LogP contribution in [0, 0.1) is 0 Å². The molecule has 1 aromatic heterocycles. The topological polar surface area (TPSA) is 42.2 Å². The number of halogens is 2. The molecule has 0 saturated heterocycles. The number of aromatic nitrogens is 1. The van der Waals surface area contributed by atoms with Crippen molar-refractivity contribution in [2.45, 2.75) is 6.42 Å². The van der Waals surface area contributed by atoms with Crippen LogP contribution in [0.15, 0.2) is 36.7 Å². The lowest BCUT2D eigenvalue weighted by molar-refractivity contribution is 0.875. The Kier molecular flexibility index (Phi) is 4.51. The van der Waals surface area contributed by atoms with E-state index in [2.05, 4.69) is 4.98 Å². The van der Waals surface area contributed by atoms with Crippen molar-refractivity contribution in [2.75, 3.05) is 24.2 Å². The van der Waals surface area contributed by atoms with Gasteiger partial charge in [0.05, 0.1) is 15.7 Å². The van der Waals surface area contributed by atoms with E-state index in [0.29, 0.717) is 15.7 Å². The quantitative estimate of drug-likeness (QED) is 0.876. The number of pyridine rings is 1. The highest BCUT2D eigenvalue weighted by atomic mass is 35.5. The van der Waals surface area contributed by atoms with Crippen LogP contribution in [0.5, 0.6) is 0 Å². The Labute approximate surface area is 123 Å². The maximum absolute atomic E-state index is 6.20. The van der Waals surface area contributed by atoms with Crippen LogP contribution in [0.1, 0.15) is 5.56 Å². The molecule has 0 aliphatic heterocycles. The van der Waals surface area contributed by atoms with Crippen molar-refractivity contribution in [3.05, 3.63) is 52.3 Å². The molecule has 0 fully saturated rings. The first-order valence-corrected chi connectivity index (χ1v) is 6.68. The van der Waals surface area contributed by atoms with E-state index in [1.807, 2.05) is 24.1 Å². The number of rotatable bonds is 4. The van der Waals surface area contributed by atoms with Crippen LogP contribution in [0.2, 0.25) is 10.0 Å². The number of nitrogen functional groups attached to an aromatic ring is 1. The van der Waals surface area contributed by atoms with Gasteiger partial charge in [0.2, 0.25) is 0 Å². The van der Waals surface area contributed by atoms with E-state index >= 15 is 0 Å². The van der Waals surface area contributed by atoms with Gasteiger partial charge in [0.1, 0.15) is 0 Å². The summed E-state index contributed by atoms with van der Waals surface area (Å²) in [5, 5.41) is 1.14. The molecule has 0 radical (unpaired) electrons. The summed E-state index contributed by atoms with van der Waals surface area (Å²) in [4.78, 5) is 6.03. The molecule has 100 valence electrons. The fraction of sp³-hybridized carbons (Fsp3) is 0.214. The second-order valence-corrected chi connectivity index (χ2v) is 5.17. The number of hydrogen-bond donors (Lipinski definition) is 1. The monoisotopic (exact) mass is 295 g/mol. The molecule has 0 spiro atoms. The van der Waals surface area contributed by atoms with E-state index in [9.17, 15) is 0 Å². The van der Waals surface area contributed by atoms with E-state index in [4.69, 9.17) is 28.9 Å². The molecule has 0 bridgehead atoms. The van der Waals surface area contributed by atoms with Crippen molar-refractivity contribution in [3.8, 4) is 0 Å².